The van der Waals surface area contributed by atoms with E-state index in [2.05, 4.69) is 107 Å². The lowest BCUT2D eigenvalue weighted by molar-refractivity contribution is 0.281. The topological polar surface area (TPSA) is 77.4 Å². The van der Waals surface area contributed by atoms with E-state index in [0.29, 0.717) is 5.56 Å². The van der Waals surface area contributed by atoms with Crippen molar-refractivity contribution in [3.63, 3.8) is 0 Å². The number of nitrogens with one attached hydrogen (secondary N) is 1. The normalized spacial score (nSPS) is 13.8. The van der Waals surface area contributed by atoms with Crippen molar-refractivity contribution in [1.29, 1.82) is 10.5 Å². The van der Waals surface area contributed by atoms with Crippen molar-refractivity contribution in [2.75, 3.05) is 0 Å². The Balaban J connectivity index is 1.67. The molecule has 0 saturated heterocycles. The molecule has 0 aliphatic carbocycles. The summed E-state index contributed by atoms with van der Waals surface area (Å²) in [6, 6.07) is 29.4. The van der Waals surface area contributed by atoms with Crippen molar-refractivity contribution in [2.45, 2.75) is 45.2 Å². The van der Waals surface area contributed by atoms with E-state index in [-0.39, 0.29) is 18.0 Å². The van der Waals surface area contributed by atoms with Gasteiger partial charge in [-0.05, 0) is 103 Å². The highest BCUT2D eigenvalue weighted by Gasteiger charge is 2.34. The van der Waals surface area contributed by atoms with Crippen LogP contribution in [0, 0.1) is 31.6 Å². The van der Waals surface area contributed by atoms with Gasteiger partial charge < -0.3 is 9.88 Å². The van der Waals surface area contributed by atoms with Gasteiger partial charge in [-0.15, -0.1) is 0 Å². The van der Waals surface area contributed by atoms with Crippen LogP contribution in [0.4, 0.5) is 0 Å². The molecule has 37 heavy (non-hydrogen) atoms. The number of aromatic nitrogens is 2. The van der Waals surface area contributed by atoms with Gasteiger partial charge in [0.15, 0.2) is 0 Å². The number of nitriles is 2. The van der Waals surface area contributed by atoms with Gasteiger partial charge in [-0.2, -0.15) is 10.5 Å². The molecular weight excluding hydrogens is 569 g/mol. The lowest BCUT2D eigenvalue weighted by Gasteiger charge is -2.36. The van der Waals surface area contributed by atoms with Crippen LogP contribution in [0.5, 0.6) is 0 Å². The van der Waals surface area contributed by atoms with E-state index in [1.54, 1.807) is 12.5 Å². The van der Waals surface area contributed by atoms with Gasteiger partial charge in [0.25, 0.3) is 0 Å². The van der Waals surface area contributed by atoms with Gasteiger partial charge in [0, 0.05) is 33.6 Å². The Morgan fingerprint density at radius 2 is 1.73 bits per heavy atom. The van der Waals surface area contributed by atoms with Gasteiger partial charge in [0.2, 0.25) is 0 Å². The fourth-order valence-corrected chi connectivity index (χ4v) is 5.07. The summed E-state index contributed by atoms with van der Waals surface area (Å²) < 4.78 is 3.16. The number of halogens is 1. The average Bonchev–Trinajstić information content (AvgIpc) is 3.46. The van der Waals surface area contributed by atoms with E-state index in [0.717, 1.165) is 23.2 Å². The zero-order valence-electron chi connectivity index (χ0n) is 21.3. The third-order valence-corrected chi connectivity index (χ3v) is 7.60. The second kappa shape index (κ2) is 11.7. The lowest BCUT2D eigenvalue weighted by atomic mass is 9.79. The molecule has 186 valence electrons. The highest BCUT2D eigenvalue weighted by atomic mass is 127. The van der Waals surface area contributed by atoms with Gasteiger partial charge >= 0.3 is 0 Å². The third-order valence-electron chi connectivity index (χ3n) is 6.88. The van der Waals surface area contributed by atoms with Gasteiger partial charge in [-0.1, -0.05) is 36.4 Å². The maximum atomic E-state index is 10.1. The van der Waals surface area contributed by atoms with Gasteiger partial charge in [-0.3, -0.25) is 0 Å². The Bertz CT molecular complexity index is 1390. The van der Waals surface area contributed by atoms with Crippen LogP contribution < -0.4 is 5.32 Å². The fourth-order valence-electron chi connectivity index (χ4n) is 4.71. The predicted molar refractivity (Wildman–Crippen MR) is 155 cm³/mol. The van der Waals surface area contributed by atoms with Crippen molar-refractivity contribution < 1.29 is 0 Å². The molecule has 4 rings (SSSR count). The summed E-state index contributed by atoms with van der Waals surface area (Å²) >= 11 is 2.32. The molecule has 5 nitrogen and oxygen atoms in total. The molecule has 3 aromatic carbocycles. The van der Waals surface area contributed by atoms with Crippen molar-refractivity contribution in [3.8, 4) is 17.8 Å². The van der Waals surface area contributed by atoms with Crippen molar-refractivity contribution >= 4 is 22.6 Å². The van der Waals surface area contributed by atoms with Crippen molar-refractivity contribution in [2.24, 2.45) is 5.41 Å². The lowest BCUT2D eigenvalue weighted by Crippen LogP contribution is -2.42. The SMILES string of the molecule is C[C@H](NC(c1ccc(-n2ccnc2)cc1)C(C)(C)C#N)[C@@H](Cc1ccc(I)cc1)c1cccc(C#N)c1. The maximum Gasteiger partial charge on any atom is 0.0991 e. The molecule has 0 fully saturated rings. The molecule has 4 aromatic rings. The zero-order valence-corrected chi connectivity index (χ0v) is 23.4. The quantitative estimate of drug-likeness (QED) is 0.212. The van der Waals surface area contributed by atoms with Crippen LogP contribution in [-0.2, 0) is 6.42 Å². The molecule has 0 aliphatic rings. The Hall–Kier alpha value is -3.46. The largest absolute Gasteiger partial charge is 0.306 e. The Kier molecular flexibility index (Phi) is 8.43. The van der Waals surface area contributed by atoms with E-state index < -0.39 is 5.41 Å². The first kappa shape index (κ1) is 26.6. The molecular formula is C31H30IN5. The smallest absolute Gasteiger partial charge is 0.0991 e. The number of nitrogens with zero attached hydrogens (tertiary/aromatic N) is 4. The van der Waals surface area contributed by atoms with Crippen LogP contribution in [0.2, 0.25) is 0 Å². The van der Waals surface area contributed by atoms with E-state index >= 15 is 0 Å². The molecule has 1 unspecified atom stereocenters. The minimum Gasteiger partial charge on any atom is -0.306 e. The van der Waals surface area contributed by atoms with Crippen LogP contribution in [0.3, 0.4) is 0 Å². The fraction of sp³-hybridized carbons (Fsp3) is 0.258. The van der Waals surface area contributed by atoms with Crippen LogP contribution >= 0.6 is 22.6 Å². The van der Waals surface area contributed by atoms with Crippen LogP contribution in [-0.4, -0.2) is 15.6 Å². The highest BCUT2D eigenvalue weighted by Crippen LogP contribution is 2.36. The molecule has 0 aliphatic heterocycles. The Morgan fingerprint density at radius 3 is 2.35 bits per heavy atom. The first-order valence-corrected chi connectivity index (χ1v) is 13.4. The van der Waals surface area contributed by atoms with Gasteiger partial charge in [0.05, 0.1) is 35.5 Å². The van der Waals surface area contributed by atoms with Crippen molar-refractivity contribution in [3.05, 3.63) is 117 Å². The molecule has 6 heteroatoms. The second-order valence-electron chi connectivity index (χ2n) is 9.96. The third kappa shape index (κ3) is 6.46. The summed E-state index contributed by atoms with van der Waals surface area (Å²) in [7, 11) is 0. The van der Waals surface area contributed by atoms with Crippen molar-refractivity contribution in [1.82, 2.24) is 14.9 Å². The summed E-state index contributed by atoms with van der Waals surface area (Å²) in [4.78, 5) is 4.13. The van der Waals surface area contributed by atoms with Crippen LogP contribution in [0.1, 0.15) is 55.0 Å². The highest BCUT2D eigenvalue weighted by molar-refractivity contribution is 14.1. The number of imidazole rings is 1. The minimum absolute atomic E-state index is 0.0270. The molecule has 0 radical (unpaired) electrons. The standard InChI is InChI=1S/C31H30IN5/c1-22(29(18-23-7-11-27(32)12-8-23)26-6-4-5-24(17-26)19-33)36-30(31(2,3)20-34)25-9-13-28(14-10-25)37-16-15-35-21-37/h4-17,21-22,29-30,36H,18H2,1-3H3/t22-,29+,30?/m0/s1. The van der Waals surface area contributed by atoms with Gasteiger partial charge in [0.1, 0.15) is 0 Å². The summed E-state index contributed by atoms with van der Waals surface area (Å²) in [6.07, 6.45) is 6.26. The summed E-state index contributed by atoms with van der Waals surface area (Å²) in [5.74, 6) is 0.107. The molecule has 1 heterocycles. The molecule has 0 saturated carbocycles. The number of rotatable bonds is 9. The average molecular weight is 600 g/mol. The monoisotopic (exact) mass is 599 g/mol. The first-order chi connectivity index (χ1) is 17.8. The van der Waals surface area contributed by atoms with E-state index in [4.69, 9.17) is 0 Å². The summed E-state index contributed by atoms with van der Waals surface area (Å²) in [6.45, 7) is 6.13. The Labute approximate surface area is 232 Å². The zero-order chi connectivity index (χ0) is 26.4. The molecule has 0 spiro atoms. The molecule has 3 atom stereocenters. The summed E-state index contributed by atoms with van der Waals surface area (Å²) in [5.41, 5.74) is 4.44. The predicted octanol–water partition coefficient (Wildman–Crippen LogP) is 6.94. The van der Waals surface area contributed by atoms with Crippen LogP contribution in [0.15, 0.2) is 91.5 Å². The van der Waals surface area contributed by atoms with E-state index in [1.165, 1.54) is 9.13 Å². The molecule has 1 aromatic heterocycles. The first-order valence-electron chi connectivity index (χ1n) is 12.3. The molecule has 0 bridgehead atoms. The molecule has 1 N–H and O–H groups in total. The number of hydrogen-bond acceptors (Lipinski definition) is 4. The Morgan fingerprint density at radius 1 is 1.00 bits per heavy atom. The van der Waals surface area contributed by atoms with E-state index in [1.807, 2.05) is 42.8 Å². The number of hydrogen-bond donors (Lipinski definition) is 1. The maximum absolute atomic E-state index is 10.1. The summed E-state index contributed by atoms with van der Waals surface area (Å²) in [5, 5.41) is 23.4. The number of benzene rings is 3. The van der Waals surface area contributed by atoms with E-state index in [9.17, 15) is 10.5 Å². The minimum atomic E-state index is -0.646. The van der Waals surface area contributed by atoms with Gasteiger partial charge in [-0.25, -0.2) is 4.98 Å². The molecule has 0 amide bonds. The second-order valence-corrected chi connectivity index (χ2v) is 11.2. The van der Waals surface area contributed by atoms with Crippen LogP contribution in [0.25, 0.3) is 5.69 Å².